The quantitative estimate of drug-likeness (QED) is 0.910. The molecule has 7 heteroatoms. The second-order valence-electron chi connectivity index (χ2n) is 4.76. The van der Waals surface area contributed by atoms with Crippen LogP contribution in [0.25, 0.3) is 0 Å². The highest BCUT2D eigenvalue weighted by molar-refractivity contribution is 5.85. The van der Waals surface area contributed by atoms with Gasteiger partial charge in [0.2, 0.25) is 5.91 Å². The molecule has 20 heavy (non-hydrogen) atoms. The van der Waals surface area contributed by atoms with E-state index in [0.29, 0.717) is 18.7 Å². The number of benzene rings is 1. The van der Waals surface area contributed by atoms with Gasteiger partial charge in [-0.1, -0.05) is 18.2 Å². The molecule has 0 aliphatic carbocycles. The van der Waals surface area contributed by atoms with Gasteiger partial charge in [-0.2, -0.15) is 13.2 Å². The first-order valence-electron chi connectivity index (χ1n) is 6.06. The van der Waals surface area contributed by atoms with Crippen LogP contribution in [-0.4, -0.2) is 29.9 Å². The molecular formula is C13H16ClF3N2O. The van der Waals surface area contributed by atoms with Crippen molar-refractivity contribution < 1.29 is 18.0 Å². The minimum atomic E-state index is -4.38. The third-order valence-corrected chi connectivity index (χ3v) is 3.19. The maximum absolute atomic E-state index is 12.5. The van der Waals surface area contributed by atoms with Crippen molar-refractivity contribution in [2.75, 3.05) is 13.1 Å². The molecule has 1 heterocycles. The normalized spacial score (nSPS) is 18.8. The summed E-state index contributed by atoms with van der Waals surface area (Å²) in [5.74, 6) is -0.174. The van der Waals surface area contributed by atoms with Crippen molar-refractivity contribution in [3.05, 3.63) is 35.4 Å². The van der Waals surface area contributed by atoms with Crippen LogP contribution < -0.4 is 5.73 Å². The minimum Gasteiger partial charge on any atom is -0.341 e. The standard InChI is InChI=1S/C13H15F3N2O.ClH/c14-13(15,16)10-3-1-2-9(6-10)7-12(19)18-5-4-11(17)8-18;/h1-3,6,11H,4-5,7-8,17H2;1H. The molecule has 112 valence electrons. The van der Waals surface area contributed by atoms with Gasteiger partial charge in [-0.05, 0) is 18.1 Å². The fourth-order valence-corrected chi connectivity index (χ4v) is 2.16. The number of rotatable bonds is 2. The summed E-state index contributed by atoms with van der Waals surface area (Å²) < 4.78 is 37.6. The van der Waals surface area contributed by atoms with Crippen molar-refractivity contribution in [1.82, 2.24) is 4.90 Å². The number of nitrogens with two attached hydrogens (primary N) is 1. The Bertz CT molecular complexity index is 479. The number of hydrogen-bond acceptors (Lipinski definition) is 2. The van der Waals surface area contributed by atoms with Crippen molar-refractivity contribution in [3.8, 4) is 0 Å². The molecule has 1 fully saturated rings. The molecule has 2 N–H and O–H groups in total. The van der Waals surface area contributed by atoms with Gasteiger partial charge in [-0.25, -0.2) is 0 Å². The van der Waals surface area contributed by atoms with Crippen LogP contribution in [0.15, 0.2) is 24.3 Å². The summed E-state index contributed by atoms with van der Waals surface area (Å²) in [6, 6.07) is 4.85. The topological polar surface area (TPSA) is 46.3 Å². The molecule has 0 bridgehead atoms. The van der Waals surface area contributed by atoms with Gasteiger partial charge in [0.1, 0.15) is 0 Å². The fraction of sp³-hybridized carbons (Fsp3) is 0.462. The van der Waals surface area contributed by atoms with Crippen LogP contribution in [0.1, 0.15) is 17.5 Å². The Hall–Kier alpha value is -1.27. The van der Waals surface area contributed by atoms with Crippen LogP contribution in [0.3, 0.4) is 0 Å². The lowest BCUT2D eigenvalue weighted by Crippen LogP contribution is -2.32. The van der Waals surface area contributed by atoms with E-state index in [2.05, 4.69) is 0 Å². The van der Waals surface area contributed by atoms with Crippen molar-refractivity contribution >= 4 is 18.3 Å². The van der Waals surface area contributed by atoms with Crippen LogP contribution in [0.4, 0.5) is 13.2 Å². The zero-order valence-corrected chi connectivity index (χ0v) is 11.5. The van der Waals surface area contributed by atoms with Crippen LogP contribution >= 0.6 is 12.4 Å². The summed E-state index contributed by atoms with van der Waals surface area (Å²) >= 11 is 0. The number of carbonyl (C=O) groups excluding carboxylic acids is 1. The predicted molar refractivity (Wildman–Crippen MR) is 71.6 cm³/mol. The molecular weight excluding hydrogens is 293 g/mol. The first kappa shape index (κ1) is 16.8. The summed E-state index contributed by atoms with van der Waals surface area (Å²) in [5.41, 5.74) is 5.34. The summed E-state index contributed by atoms with van der Waals surface area (Å²) in [6.45, 7) is 1.07. The maximum atomic E-state index is 12.5. The van der Waals surface area contributed by atoms with Gasteiger partial charge < -0.3 is 10.6 Å². The zero-order valence-electron chi connectivity index (χ0n) is 10.7. The second kappa shape index (κ2) is 6.45. The molecule has 1 aliphatic rings. The molecule has 0 saturated carbocycles. The number of carbonyl (C=O) groups is 1. The SMILES string of the molecule is Cl.NC1CCN(C(=O)Cc2cccc(C(F)(F)F)c2)C1. The molecule has 1 amide bonds. The van der Waals surface area contributed by atoms with Gasteiger partial charge in [-0.15, -0.1) is 12.4 Å². The molecule has 0 spiro atoms. The monoisotopic (exact) mass is 308 g/mol. The van der Waals surface area contributed by atoms with Crippen LogP contribution in [0.5, 0.6) is 0 Å². The molecule has 0 aromatic heterocycles. The van der Waals surface area contributed by atoms with Crippen LogP contribution in [0, 0.1) is 0 Å². The Kier molecular flexibility index (Phi) is 5.42. The van der Waals surface area contributed by atoms with Crippen molar-refractivity contribution in [1.29, 1.82) is 0 Å². The molecule has 1 unspecified atom stereocenters. The fourth-order valence-electron chi connectivity index (χ4n) is 2.16. The van der Waals surface area contributed by atoms with E-state index in [1.165, 1.54) is 12.1 Å². The van der Waals surface area contributed by atoms with Crippen molar-refractivity contribution in [3.63, 3.8) is 0 Å². The first-order valence-corrected chi connectivity index (χ1v) is 6.06. The van der Waals surface area contributed by atoms with E-state index >= 15 is 0 Å². The Morgan fingerprint density at radius 3 is 2.65 bits per heavy atom. The summed E-state index contributed by atoms with van der Waals surface area (Å²) in [7, 11) is 0. The minimum absolute atomic E-state index is 0. The average Bonchev–Trinajstić information content (AvgIpc) is 2.75. The van der Waals surface area contributed by atoms with E-state index < -0.39 is 11.7 Å². The van der Waals surface area contributed by atoms with Gasteiger partial charge in [0, 0.05) is 19.1 Å². The number of nitrogens with zero attached hydrogens (tertiary/aromatic N) is 1. The summed E-state index contributed by atoms with van der Waals surface area (Å²) in [6.07, 6.45) is -3.65. The third kappa shape index (κ3) is 4.11. The van der Waals surface area contributed by atoms with Gasteiger partial charge in [0.25, 0.3) is 0 Å². The van der Waals surface area contributed by atoms with E-state index in [4.69, 9.17) is 5.73 Å². The highest BCUT2D eigenvalue weighted by Crippen LogP contribution is 2.29. The molecule has 1 atom stereocenters. The van der Waals surface area contributed by atoms with Gasteiger partial charge in [-0.3, -0.25) is 4.79 Å². The van der Waals surface area contributed by atoms with E-state index in [-0.39, 0.29) is 30.8 Å². The number of hydrogen-bond donors (Lipinski definition) is 1. The highest BCUT2D eigenvalue weighted by Gasteiger charge is 2.30. The lowest BCUT2D eigenvalue weighted by atomic mass is 10.1. The number of likely N-dealkylation sites (tertiary alicyclic amines) is 1. The predicted octanol–water partition coefficient (Wildman–Crippen LogP) is 2.23. The highest BCUT2D eigenvalue weighted by atomic mass is 35.5. The van der Waals surface area contributed by atoms with Gasteiger partial charge in [0.15, 0.2) is 0 Å². The van der Waals surface area contributed by atoms with Crippen molar-refractivity contribution in [2.45, 2.75) is 25.1 Å². The van der Waals surface area contributed by atoms with E-state index in [1.54, 1.807) is 4.90 Å². The van der Waals surface area contributed by atoms with Crippen LogP contribution in [0.2, 0.25) is 0 Å². The van der Waals surface area contributed by atoms with Gasteiger partial charge >= 0.3 is 6.18 Å². The van der Waals surface area contributed by atoms with Crippen molar-refractivity contribution in [2.24, 2.45) is 5.73 Å². The third-order valence-electron chi connectivity index (χ3n) is 3.19. The molecule has 1 aromatic rings. The maximum Gasteiger partial charge on any atom is 0.416 e. The van der Waals surface area contributed by atoms with E-state index in [1.807, 2.05) is 0 Å². The zero-order chi connectivity index (χ0) is 14.0. The molecule has 3 nitrogen and oxygen atoms in total. The molecule has 1 aliphatic heterocycles. The van der Waals surface area contributed by atoms with E-state index in [9.17, 15) is 18.0 Å². The molecule has 2 rings (SSSR count). The van der Waals surface area contributed by atoms with E-state index in [0.717, 1.165) is 18.6 Å². The van der Waals surface area contributed by atoms with Gasteiger partial charge in [0.05, 0.1) is 12.0 Å². The summed E-state index contributed by atoms with van der Waals surface area (Å²) in [5, 5.41) is 0. The lowest BCUT2D eigenvalue weighted by Gasteiger charge is -2.16. The Morgan fingerprint density at radius 2 is 2.10 bits per heavy atom. The smallest absolute Gasteiger partial charge is 0.341 e. The second-order valence-corrected chi connectivity index (χ2v) is 4.76. The summed E-state index contributed by atoms with van der Waals surface area (Å²) in [4.78, 5) is 13.5. The lowest BCUT2D eigenvalue weighted by molar-refractivity contribution is -0.137. The molecule has 1 saturated heterocycles. The average molecular weight is 309 g/mol. The number of halogens is 4. The Labute approximate surface area is 121 Å². The van der Waals surface area contributed by atoms with Crippen LogP contribution in [-0.2, 0) is 17.4 Å². The number of amides is 1. The number of alkyl halides is 3. The first-order chi connectivity index (χ1) is 8.86. The Balaban J connectivity index is 0.00000200. The largest absolute Gasteiger partial charge is 0.416 e. The molecule has 0 radical (unpaired) electrons. The molecule has 1 aromatic carbocycles. The Morgan fingerprint density at radius 1 is 1.40 bits per heavy atom.